The van der Waals surface area contributed by atoms with Gasteiger partial charge in [0, 0.05) is 6.07 Å². The quantitative estimate of drug-likeness (QED) is 0.593. The number of carbonyl (C=O) groups is 3. The zero-order valence-electron chi connectivity index (χ0n) is 15.5. The van der Waals surface area contributed by atoms with E-state index in [0.717, 1.165) is 17.0 Å². The first-order valence-electron chi connectivity index (χ1n) is 8.53. The van der Waals surface area contributed by atoms with Gasteiger partial charge in [-0.2, -0.15) is 0 Å². The number of urea groups is 1. The van der Waals surface area contributed by atoms with Crippen LogP contribution in [-0.2, 0) is 9.59 Å². The maximum atomic E-state index is 13.2. The third-order valence-corrected chi connectivity index (χ3v) is 4.40. The van der Waals surface area contributed by atoms with E-state index in [1.54, 1.807) is 6.92 Å². The summed E-state index contributed by atoms with van der Waals surface area (Å²) in [5.41, 5.74) is 0.114. The van der Waals surface area contributed by atoms with Gasteiger partial charge in [-0.15, -0.1) is 0 Å². The zero-order chi connectivity index (χ0) is 21.1. The van der Waals surface area contributed by atoms with E-state index in [1.165, 1.54) is 37.5 Å². The summed E-state index contributed by atoms with van der Waals surface area (Å²) in [4.78, 5) is 38.0. The lowest BCUT2D eigenvalue weighted by molar-refractivity contribution is -0.122. The molecular formula is C20H16ClFN2O5. The third-order valence-electron chi connectivity index (χ3n) is 4.07. The number of imide groups is 2. The molecule has 0 bridgehead atoms. The van der Waals surface area contributed by atoms with Crippen LogP contribution in [0.1, 0.15) is 12.5 Å². The van der Waals surface area contributed by atoms with Crippen LogP contribution in [0, 0.1) is 5.82 Å². The van der Waals surface area contributed by atoms with Crippen molar-refractivity contribution in [1.29, 1.82) is 0 Å². The Morgan fingerprint density at radius 2 is 1.83 bits per heavy atom. The Morgan fingerprint density at radius 3 is 2.45 bits per heavy atom. The highest BCUT2D eigenvalue weighted by Crippen LogP contribution is 2.35. The molecule has 1 saturated heterocycles. The summed E-state index contributed by atoms with van der Waals surface area (Å²) >= 11 is 6.26. The van der Waals surface area contributed by atoms with Crippen LogP contribution < -0.4 is 19.7 Å². The summed E-state index contributed by atoms with van der Waals surface area (Å²) in [6.45, 7) is 2.19. The molecule has 0 aliphatic carbocycles. The molecule has 2 aromatic carbocycles. The highest BCUT2D eigenvalue weighted by molar-refractivity contribution is 6.40. The highest BCUT2D eigenvalue weighted by atomic mass is 35.5. The predicted octanol–water partition coefficient (Wildman–Crippen LogP) is 3.55. The van der Waals surface area contributed by atoms with E-state index in [1.807, 2.05) is 0 Å². The average Bonchev–Trinajstić information content (AvgIpc) is 2.68. The molecule has 7 nitrogen and oxygen atoms in total. The van der Waals surface area contributed by atoms with Gasteiger partial charge in [0.25, 0.3) is 11.8 Å². The van der Waals surface area contributed by atoms with Crippen LogP contribution in [0.5, 0.6) is 11.5 Å². The van der Waals surface area contributed by atoms with Gasteiger partial charge in [-0.3, -0.25) is 14.9 Å². The van der Waals surface area contributed by atoms with Gasteiger partial charge in [0.05, 0.1) is 24.4 Å². The normalized spacial score (nSPS) is 15.5. The number of hydrogen-bond donors (Lipinski definition) is 1. The number of methoxy groups -OCH3 is 1. The second-order valence-corrected chi connectivity index (χ2v) is 6.30. The number of anilines is 1. The van der Waals surface area contributed by atoms with Gasteiger partial charge in [0.1, 0.15) is 11.4 Å². The highest BCUT2D eigenvalue weighted by Gasteiger charge is 2.37. The van der Waals surface area contributed by atoms with Crippen molar-refractivity contribution < 1.29 is 28.2 Å². The van der Waals surface area contributed by atoms with Crippen LogP contribution in [0.2, 0.25) is 5.02 Å². The molecule has 4 amide bonds. The summed E-state index contributed by atoms with van der Waals surface area (Å²) in [6, 6.07) is 6.80. The SMILES string of the molecule is CCOc1cc(Cl)c(/C=C2\C(=O)NC(=O)N(c3ccc(F)cc3)C2=O)cc1OC. The molecule has 0 atom stereocenters. The van der Waals surface area contributed by atoms with Gasteiger partial charge in [-0.1, -0.05) is 11.6 Å². The second kappa shape index (κ2) is 8.32. The van der Waals surface area contributed by atoms with Crippen LogP contribution in [0.15, 0.2) is 42.0 Å². The maximum absolute atomic E-state index is 13.2. The average molecular weight is 419 g/mol. The fourth-order valence-electron chi connectivity index (χ4n) is 2.73. The lowest BCUT2D eigenvalue weighted by atomic mass is 10.1. The molecule has 2 aromatic rings. The van der Waals surface area contributed by atoms with E-state index >= 15 is 0 Å². The Balaban J connectivity index is 2.03. The Kier molecular flexibility index (Phi) is 5.84. The first-order chi connectivity index (χ1) is 13.8. The van der Waals surface area contributed by atoms with Gasteiger partial charge < -0.3 is 9.47 Å². The lowest BCUT2D eigenvalue weighted by Gasteiger charge is -2.26. The first kappa shape index (κ1) is 20.3. The Hall–Kier alpha value is -3.39. The van der Waals surface area contributed by atoms with Gasteiger partial charge >= 0.3 is 6.03 Å². The van der Waals surface area contributed by atoms with Crippen molar-refractivity contribution in [3.05, 3.63) is 58.4 Å². The summed E-state index contributed by atoms with van der Waals surface area (Å²) < 4.78 is 23.9. The molecule has 1 heterocycles. The van der Waals surface area contributed by atoms with Crippen molar-refractivity contribution in [2.45, 2.75) is 6.92 Å². The molecule has 0 unspecified atom stereocenters. The third kappa shape index (κ3) is 4.07. The molecular weight excluding hydrogens is 403 g/mol. The lowest BCUT2D eigenvalue weighted by Crippen LogP contribution is -2.54. The maximum Gasteiger partial charge on any atom is 0.335 e. The molecule has 3 rings (SSSR count). The fourth-order valence-corrected chi connectivity index (χ4v) is 2.94. The van der Waals surface area contributed by atoms with Crippen molar-refractivity contribution in [2.24, 2.45) is 0 Å². The Morgan fingerprint density at radius 1 is 1.14 bits per heavy atom. The van der Waals surface area contributed by atoms with Crippen LogP contribution >= 0.6 is 11.6 Å². The number of rotatable bonds is 5. The number of barbiturate groups is 1. The molecule has 1 aliphatic rings. The van der Waals surface area contributed by atoms with Crippen molar-refractivity contribution in [3.8, 4) is 11.5 Å². The number of ether oxygens (including phenoxy) is 2. The van der Waals surface area contributed by atoms with Gasteiger partial charge in [-0.25, -0.2) is 14.1 Å². The van der Waals surface area contributed by atoms with Crippen molar-refractivity contribution in [2.75, 3.05) is 18.6 Å². The first-order valence-corrected chi connectivity index (χ1v) is 8.90. The zero-order valence-corrected chi connectivity index (χ0v) is 16.2. The van der Waals surface area contributed by atoms with E-state index in [0.29, 0.717) is 23.7 Å². The smallest absolute Gasteiger partial charge is 0.335 e. The van der Waals surface area contributed by atoms with E-state index in [-0.39, 0.29) is 16.3 Å². The molecule has 0 saturated carbocycles. The number of benzene rings is 2. The van der Waals surface area contributed by atoms with Gasteiger partial charge in [0.15, 0.2) is 11.5 Å². The summed E-state index contributed by atoms with van der Waals surface area (Å²) in [5.74, 6) is -1.50. The van der Waals surface area contributed by atoms with Crippen molar-refractivity contribution in [1.82, 2.24) is 5.32 Å². The Labute approximate surface area is 170 Å². The van der Waals surface area contributed by atoms with E-state index < -0.39 is 23.7 Å². The summed E-state index contributed by atoms with van der Waals surface area (Å²) in [7, 11) is 1.44. The number of nitrogens with one attached hydrogen (secondary N) is 1. The molecule has 0 aromatic heterocycles. The largest absolute Gasteiger partial charge is 0.493 e. The molecule has 29 heavy (non-hydrogen) atoms. The molecule has 1 N–H and O–H groups in total. The standard InChI is InChI=1S/C20H16ClFN2O5/c1-3-29-17-10-15(21)11(9-16(17)28-2)8-14-18(25)23-20(27)24(19(14)26)13-6-4-12(22)5-7-13/h4-10H,3H2,1-2H3,(H,23,25,27)/b14-8+. The van der Waals surface area contributed by atoms with Crippen LogP contribution in [0.3, 0.4) is 0 Å². The van der Waals surface area contributed by atoms with E-state index in [9.17, 15) is 18.8 Å². The predicted molar refractivity (Wildman–Crippen MR) is 105 cm³/mol. The van der Waals surface area contributed by atoms with Crippen molar-refractivity contribution in [3.63, 3.8) is 0 Å². The van der Waals surface area contributed by atoms with Crippen LogP contribution in [-0.4, -0.2) is 31.6 Å². The summed E-state index contributed by atoms with van der Waals surface area (Å²) in [5, 5.41) is 2.30. The molecule has 150 valence electrons. The van der Waals surface area contributed by atoms with Crippen LogP contribution in [0.25, 0.3) is 6.08 Å². The molecule has 0 spiro atoms. The fraction of sp³-hybridized carbons (Fsp3) is 0.150. The minimum atomic E-state index is -0.931. The molecule has 1 aliphatic heterocycles. The van der Waals surface area contributed by atoms with E-state index in [2.05, 4.69) is 5.32 Å². The summed E-state index contributed by atoms with van der Waals surface area (Å²) in [6.07, 6.45) is 1.25. The molecule has 0 radical (unpaired) electrons. The number of nitrogens with zero attached hydrogens (tertiary/aromatic N) is 1. The van der Waals surface area contributed by atoms with Crippen molar-refractivity contribution >= 4 is 41.2 Å². The number of hydrogen-bond acceptors (Lipinski definition) is 5. The molecule has 9 heteroatoms. The van der Waals surface area contributed by atoms with E-state index in [4.69, 9.17) is 21.1 Å². The number of amides is 4. The topological polar surface area (TPSA) is 84.9 Å². The van der Waals surface area contributed by atoms with Gasteiger partial charge in [-0.05, 0) is 48.9 Å². The Bertz CT molecular complexity index is 1020. The van der Waals surface area contributed by atoms with Crippen LogP contribution in [0.4, 0.5) is 14.9 Å². The second-order valence-electron chi connectivity index (χ2n) is 5.89. The number of halogens is 2. The number of carbonyl (C=O) groups excluding carboxylic acids is 3. The monoisotopic (exact) mass is 418 g/mol. The minimum Gasteiger partial charge on any atom is -0.493 e. The molecule has 1 fully saturated rings. The minimum absolute atomic E-state index is 0.114. The van der Waals surface area contributed by atoms with Gasteiger partial charge in [0.2, 0.25) is 0 Å².